The van der Waals surface area contributed by atoms with Crippen LogP contribution < -0.4 is 5.32 Å². The Bertz CT molecular complexity index is 513. The lowest BCUT2D eigenvalue weighted by atomic mass is 10.1. The molecule has 1 aromatic rings. The maximum absolute atomic E-state index is 8.68. The smallest absolute Gasteiger partial charge is 0.0991 e. The summed E-state index contributed by atoms with van der Waals surface area (Å²) in [5.41, 5.74) is 1.46. The van der Waals surface area contributed by atoms with Crippen LogP contribution in [0, 0.1) is 35.5 Å². The second-order valence-electron chi connectivity index (χ2n) is 4.18. The minimum Gasteiger partial charge on any atom is -0.297 e. The van der Waals surface area contributed by atoms with Crippen molar-refractivity contribution < 1.29 is 0 Å². The Morgan fingerprint density at radius 2 is 1.94 bits per heavy atom. The largest absolute Gasteiger partial charge is 0.297 e. The van der Waals surface area contributed by atoms with Gasteiger partial charge in [-0.05, 0) is 43.4 Å². The molecule has 2 nitrogen and oxygen atoms in total. The van der Waals surface area contributed by atoms with E-state index < -0.39 is 0 Å². The fourth-order valence-electron chi connectivity index (χ4n) is 1.26. The molecule has 0 aromatic heterocycles. The minimum atomic E-state index is -0.319. The van der Waals surface area contributed by atoms with Crippen LogP contribution in [0.2, 0.25) is 0 Å². The molecule has 2 heteroatoms. The quantitative estimate of drug-likeness (QED) is 0.795. The van der Waals surface area contributed by atoms with Crippen molar-refractivity contribution in [2.24, 2.45) is 0 Å². The van der Waals surface area contributed by atoms with Gasteiger partial charge in [0.25, 0.3) is 0 Å². The Balaban J connectivity index is 2.62. The highest BCUT2D eigenvalue weighted by Crippen LogP contribution is 2.06. The molecule has 0 aliphatic heterocycles. The predicted molar refractivity (Wildman–Crippen MR) is 68.7 cm³/mol. The topological polar surface area (TPSA) is 35.8 Å². The number of nitriles is 1. The lowest BCUT2D eigenvalue weighted by Gasteiger charge is -2.19. The fourth-order valence-corrected chi connectivity index (χ4v) is 1.26. The molecule has 0 saturated heterocycles. The van der Waals surface area contributed by atoms with Crippen LogP contribution in [0.15, 0.2) is 24.3 Å². The summed E-state index contributed by atoms with van der Waals surface area (Å²) >= 11 is 0. The Kier molecular flexibility index (Phi) is 4.36. The van der Waals surface area contributed by atoms with Crippen LogP contribution in [0.4, 0.5) is 0 Å². The zero-order valence-electron chi connectivity index (χ0n) is 10.0. The van der Waals surface area contributed by atoms with E-state index in [1.165, 1.54) is 0 Å². The average molecular weight is 222 g/mol. The van der Waals surface area contributed by atoms with Gasteiger partial charge in [0.1, 0.15) is 0 Å². The van der Waals surface area contributed by atoms with Gasteiger partial charge in [0.2, 0.25) is 0 Å². The van der Waals surface area contributed by atoms with Crippen LogP contribution in [0.1, 0.15) is 25.0 Å². The molecule has 0 fully saturated rings. The van der Waals surface area contributed by atoms with Crippen molar-refractivity contribution >= 4 is 0 Å². The van der Waals surface area contributed by atoms with E-state index in [9.17, 15) is 0 Å². The zero-order chi connectivity index (χ0) is 12.7. The summed E-state index contributed by atoms with van der Waals surface area (Å²) in [4.78, 5) is 0. The van der Waals surface area contributed by atoms with Gasteiger partial charge in [-0.3, -0.25) is 5.32 Å². The normalized spacial score (nSPS) is 9.65. The van der Waals surface area contributed by atoms with Gasteiger partial charge in [0.05, 0.1) is 17.2 Å². The van der Waals surface area contributed by atoms with E-state index in [0.29, 0.717) is 12.1 Å². The summed E-state index contributed by atoms with van der Waals surface area (Å²) in [5, 5.41) is 12.0. The number of rotatable bonds is 3. The molecule has 17 heavy (non-hydrogen) atoms. The molecule has 0 heterocycles. The SMILES string of the molecule is C#CC#CC(C)(C)NCc1ccc(C#N)cc1. The van der Waals surface area contributed by atoms with E-state index in [1.807, 2.05) is 26.0 Å². The van der Waals surface area contributed by atoms with Gasteiger partial charge in [-0.1, -0.05) is 18.1 Å². The minimum absolute atomic E-state index is 0.319. The molecule has 0 spiro atoms. The summed E-state index contributed by atoms with van der Waals surface area (Å²) in [7, 11) is 0. The Hall–Kier alpha value is -2.21. The van der Waals surface area contributed by atoms with E-state index in [2.05, 4.69) is 29.1 Å². The Labute approximate surface area is 103 Å². The maximum atomic E-state index is 8.68. The van der Waals surface area contributed by atoms with E-state index in [4.69, 9.17) is 11.7 Å². The van der Waals surface area contributed by atoms with Gasteiger partial charge in [0, 0.05) is 6.54 Å². The monoisotopic (exact) mass is 222 g/mol. The second-order valence-corrected chi connectivity index (χ2v) is 4.18. The third-order valence-electron chi connectivity index (χ3n) is 2.26. The van der Waals surface area contributed by atoms with Crippen LogP contribution in [-0.2, 0) is 6.54 Å². The van der Waals surface area contributed by atoms with Gasteiger partial charge in [-0.25, -0.2) is 0 Å². The summed E-state index contributed by atoms with van der Waals surface area (Å²) in [6.07, 6.45) is 5.09. The summed E-state index contributed by atoms with van der Waals surface area (Å²) in [6.45, 7) is 4.64. The number of terminal acetylenes is 1. The molecule has 0 saturated carbocycles. The first-order valence-corrected chi connectivity index (χ1v) is 5.29. The lowest BCUT2D eigenvalue weighted by Crippen LogP contribution is -2.37. The molecule has 0 radical (unpaired) electrons. The maximum Gasteiger partial charge on any atom is 0.0991 e. The molecule has 0 amide bonds. The number of nitrogens with one attached hydrogen (secondary N) is 1. The lowest BCUT2D eigenvalue weighted by molar-refractivity contribution is 0.490. The highest BCUT2D eigenvalue weighted by molar-refractivity contribution is 5.32. The molecule has 0 atom stereocenters. The molecule has 0 aliphatic carbocycles. The van der Waals surface area contributed by atoms with Crippen LogP contribution in [0.5, 0.6) is 0 Å². The molecule has 1 N–H and O–H groups in total. The fraction of sp³-hybridized carbons (Fsp3) is 0.267. The molecule has 1 aromatic carbocycles. The molecular formula is C15H14N2. The van der Waals surface area contributed by atoms with Crippen molar-refractivity contribution in [3.05, 3.63) is 35.4 Å². The van der Waals surface area contributed by atoms with Crippen molar-refractivity contribution in [1.29, 1.82) is 5.26 Å². The molecule has 84 valence electrons. The van der Waals surface area contributed by atoms with E-state index in [-0.39, 0.29) is 5.54 Å². The van der Waals surface area contributed by atoms with Crippen molar-refractivity contribution in [3.63, 3.8) is 0 Å². The summed E-state index contributed by atoms with van der Waals surface area (Å²) < 4.78 is 0. The molecular weight excluding hydrogens is 208 g/mol. The van der Waals surface area contributed by atoms with Gasteiger partial charge >= 0.3 is 0 Å². The molecule has 0 bridgehead atoms. The van der Waals surface area contributed by atoms with Gasteiger partial charge < -0.3 is 0 Å². The highest BCUT2D eigenvalue weighted by atomic mass is 14.9. The first-order chi connectivity index (χ1) is 8.07. The number of hydrogen-bond acceptors (Lipinski definition) is 2. The molecule has 1 rings (SSSR count). The zero-order valence-corrected chi connectivity index (χ0v) is 10.0. The van der Waals surface area contributed by atoms with E-state index in [1.54, 1.807) is 12.1 Å². The van der Waals surface area contributed by atoms with Gasteiger partial charge in [-0.15, -0.1) is 6.42 Å². The summed E-state index contributed by atoms with van der Waals surface area (Å²) in [6, 6.07) is 9.55. The number of hydrogen-bond donors (Lipinski definition) is 1. The first-order valence-electron chi connectivity index (χ1n) is 5.29. The third-order valence-corrected chi connectivity index (χ3v) is 2.26. The Morgan fingerprint density at radius 3 is 2.47 bits per heavy atom. The van der Waals surface area contributed by atoms with E-state index >= 15 is 0 Å². The van der Waals surface area contributed by atoms with Crippen molar-refractivity contribution in [1.82, 2.24) is 5.32 Å². The van der Waals surface area contributed by atoms with Crippen molar-refractivity contribution in [2.45, 2.75) is 25.9 Å². The van der Waals surface area contributed by atoms with Crippen LogP contribution >= 0.6 is 0 Å². The summed E-state index contributed by atoms with van der Waals surface area (Å²) in [5.74, 6) is 7.87. The average Bonchev–Trinajstić information content (AvgIpc) is 2.35. The number of benzene rings is 1. The Morgan fingerprint density at radius 1 is 1.29 bits per heavy atom. The van der Waals surface area contributed by atoms with Crippen LogP contribution in [0.25, 0.3) is 0 Å². The first kappa shape index (κ1) is 12.9. The van der Waals surface area contributed by atoms with Crippen LogP contribution in [0.3, 0.4) is 0 Å². The van der Waals surface area contributed by atoms with Crippen molar-refractivity contribution in [2.75, 3.05) is 0 Å². The highest BCUT2D eigenvalue weighted by Gasteiger charge is 2.12. The van der Waals surface area contributed by atoms with Gasteiger partial charge in [-0.2, -0.15) is 5.26 Å². The molecule has 0 aliphatic rings. The third kappa shape index (κ3) is 4.43. The van der Waals surface area contributed by atoms with E-state index in [0.717, 1.165) is 5.56 Å². The second kappa shape index (κ2) is 5.76. The number of nitrogens with zero attached hydrogens (tertiary/aromatic N) is 1. The predicted octanol–water partition coefficient (Wildman–Crippen LogP) is 2.06. The van der Waals surface area contributed by atoms with Crippen molar-refractivity contribution in [3.8, 4) is 30.3 Å². The standard InChI is InChI=1S/C15H14N2/c1-4-5-10-15(2,3)17-12-14-8-6-13(11-16)7-9-14/h1,6-9,17H,12H2,2-3H3. The van der Waals surface area contributed by atoms with Gasteiger partial charge in [0.15, 0.2) is 0 Å². The van der Waals surface area contributed by atoms with Crippen LogP contribution in [-0.4, -0.2) is 5.54 Å². The molecule has 0 unspecified atom stereocenters.